The van der Waals surface area contributed by atoms with Crippen molar-refractivity contribution in [2.75, 3.05) is 18.6 Å². The summed E-state index contributed by atoms with van der Waals surface area (Å²) in [6, 6.07) is 6.26. The molecule has 0 saturated carbocycles. The smallest absolute Gasteiger partial charge is 0.254 e. The molecule has 92 valence electrons. The first-order valence-electron chi connectivity index (χ1n) is 5.70. The molecule has 0 aliphatic carbocycles. The molecular formula is C13H16BrNOS. The van der Waals surface area contributed by atoms with Gasteiger partial charge in [-0.3, -0.25) is 4.79 Å². The van der Waals surface area contributed by atoms with Crippen LogP contribution in [0.3, 0.4) is 0 Å². The zero-order valence-corrected chi connectivity index (χ0v) is 12.5. The third kappa shape index (κ3) is 2.86. The second kappa shape index (κ2) is 5.44. The Morgan fingerprint density at radius 1 is 1.53 bits per heavy atom. The van der Waals surface area contributed by atoms with E-state index in [-0.39, 0.29) is 5.91 Å². The molecule has 1 aromatic carbocycles. The van der Waals surface area contributed by atoms with E-state index < -0.39 is 0 Å². The standard InChI is InChI=1S/C13H16BrNOS/c1-9-3-4-10(14)7-12(9)13(16)15(2)11-5-6-17-8-11/h3-4,7,11H,5-6,8H2,1-2H3. The Labute approximate surface area is 115 Å². The van der Waals surface area contributed by atoms with E-state index >= 15 is 0 Å². The zero-order chi connectivity index (χ0) is 12.4. The van der Waals surface area contributed by atoms with Crippen LogP contribution in [0.1, 0.15) is 22.3 Å². The Morgan fingerprint density at radius 2 is 2.29 bits per heavy atom. The lowest BCUT2D eigenvalue weighted by Gasteiger charge is -2.24. The quantitative estimate of drug-likeness (QED) is 0.834. The van der Waals surface area contributed by atoms with Gasteiger partial charge < -0.3 is 4.90 Å². The first-order valence-corrected chi connectivity index (χ1v) is 7.65. The highest BCUT2D eigenvalue weighted by Gasteiger charge is 2.25. The average Bonchev–Trinajstić information content (AvgIpc) is 2.84. The normalized spacial score (nSPS) is 19.4. The van der Waals surface area contributed by atoms with Crippen molar-refractivity contribution < 1.29 is 4.79 Å². The molecule has 1 saturated heterocycles. The van der Waals surface area contributed by atoms with E-state index in [1.807, 2.05) is 48.8 Å². The van der Waals surface area contributed by atoms with Crippen LogP contribution in [0.5, 0.6) is 0 Å². The fourth-order valence-corrected chi connectivity index (χ4v) is 3.64. The van der Waals surface area contributed by atoms with E-state index in [0.29, 0.717) is 6.04 Å². The fraction of sp³-hybridized carbons (Fsp3) is 0.462. The number of thioether (sulfide) groups is 1. The number of rotatable bonds is 2. The Balaban J connectivity index is 2.20. The number of benzene rings is 1. The van der Waals surface area contributed by atoms with Gasteiger partial charge in [0.25, 0.3) is 5.91 Å². The fourth-order valence-electron chi connectivity index (χ4n) is 2.01. The van der Waals surface area contributed by atoms with Gasteiger partial charge in [-0.2, -0.15) is 11.8 Å². The molecule has 1 aliphatic heterocycles. The lowest BCUT2D eigenvalue weighted by atomic mass is 10.1. The second-order valence-electron chi connectivity index (χ2n) is 4.39. The molecule has 0 aromatic heterocycles. The first-order chi connectivity index (χ1) is 8.09. The van der Waals surface area contributed by atoms with Gasteiger partial charge >= 0.3 is 0 Å². The largest absolute Gasteiger partial charge is 0.338 e. The number of carbonyl (C=O) groups excluding carboxylic acids is 1. The molecule has 0 N–H and O–H groups in total. The lowest BCUT2D eigenvalue weighted by molar-refractivity contribution is 0.0747. The van der Waals surface area contributed by atoms with E-state index in [9.17, 15) is 4.79 Å². The molecule has 1 amide bonds. The Morgan fingerprint density at radius 3 is 2.94 bits per heavy atom. The number of hydrogen-bond acceptors (Lipinski definition) is 2. The van der Waals surface area contributed by atoms with Crippen LogP contribution >= 0.6 is 27.7 Å². The number of hydrogen-bond donors (Lipinski definition) is 0. The van der Waals surface area contributed by atoms with Crippen LogP contribution in [-0.2, 0) is 0 Å². The third-order valence-electron chi connectivity index (χ3n) is 3.20. The van der Waals surface area contributed by atoms with E-state index in [1.54, 1.807) is 0 Å². The van der Waals surface area contributed by atoms with Gasteiger partial charge in [0.2, 0.25) is 0 Å². The second-order valence-corrected chi connectivity index (χ2v) is 6.46. The number of carbonyl (C=O) groups is 1. The predicted molar refractivity (Wildman–Crippen MR) is 76.7 cm³/mol. The molecule has 2 rings (SSSR count). The molecule has 0 bridgehead atoms. The summed E-state index contributed by atoms with van der Waals surface area (Å²) < 4.78 is 0.959. The maximum Gasteiger partial charge on any atom is 0.254 e. The monoisotopic (exact) mass is 313 g/mol. The Kier molecular flexibility index (Phi) is 4.15. The SMILES string of the molecule is Cc1ccc(Br)cc1C(=O)N(C)C1CCSC1. The van der Waals surface area contributed by atoms with Gasteiger partial charge in [0.15, 0.2) is 0 Å². The summed E-state index contributed by atoms with van der Waals surface area (Å²) in [5.41, 5.74) is 1.84. The summed E-state index contributed by atoms with van der Waals surface area (Å²) in [7, 11) is 1.92. The minimum Gasteiger partial charge on any atom is -0.338 e. The zero-order valence-electron chi connectivity index (χ0n) is 10.1. The van der Waals surface area contributed by atoms with Gasteiger partial charge in [-0.05, 0) is 36.8 Å². The van der Waals surface area contributed by atoms with E-state index in [0.717, 1.165) is 27.8 Å². The highest BCUT2D eigenvalue weighted by Crippen LogP contribution is 2.24. The molecule has 1 heterocycles. The number of amides is 1. The van der Waals surface area contributed by atoms with Crippen LogP contribution in [0, 0.1) is 6.92 Å². The van der Waals surface area contributed by atoms with E-state index in [2.05, 4.69) is 15.9 Å². The molecule has 17 heavy (non-hydrogen) atoms. The van der Waals surface area contributed by atoms with Crippen molar-refractivity contribution in [3.05, 3.63) is 33.8 Å². The van der Waals surface area contributed by atoms with Crippen molar-refractivity contribution >= 4 is 33.6 Å². The molecule has 4 heteroatoms. The van der Waals surface area contributed by atoms with Gasteiger partial charge in [-0.1, -0.05) is 22.0 Å². The number of halogens is 1. The summed E-state index contributed by atoms with van der Waals surface area (Å²) in [5.74, 6) is 2.37. The molecule has 1 aromatic rings. The van der Waals surface area contributed by atoms with Crippen LogP contribution in [0.2, 0.25) is 0 Å². The highest BCUT2D eigenvalue weighted by molar-refractivity contribution is 9.10. The molecule has 0 radical (unpaired) electrons. The van der Waals surface area contributed by atoms with Crippen LogP contribution in [-0.4, -0.2) is 35.4 Å². The summed E-state index contributed by atoms with van der Waals surface area (Å²) >= 11 is 5.35. The molecule has 0 spiro atoms. The van der Waals surface area contributed by atoms with Crippen molar-refractivity contribution in [2.24, 2.45) is 0 Å². The highest BCUT2D eigenvalue weighted by atomic mass is 79.9. The van der Waals surface area contributed by atoms with Gasteiger partial charge in [0, 0.05) is 28.9 Å². The first kappa shape index (κ1) is 13.0. The minimum atomic E-state index is 0.135. The summed E-state index contributed by atoms with van der Waals surface area (Å²) in [6.45, 7) is 1.98. The van der Waals surface area contributed by atoms with Crippen LogP contribution in [0.15, 0.2) is 22.7 Å². The summed E-state index contributed by atoms with van der Waals surface area (Å²) in [5, 5.41) is 0. The van der Waals surface area contributed by atoms with Gasteiger partial charge in [0.1, 0.15) is 0 Å². The summed E-state index contributed by atoms with van der Waals surface area (Å²) in [4.78, 5) is 14.3. The Hall–Kier alpha value is -0.480. The van der Waals surface area contributed by atoms with E-state index in [4.69, 9.17) is 0 Å². The average molecular weight is 314 g/mol. The minimum absolute atomic E-state index is 0.135. The Bertz CT molecular complexity index is 429. The van der Waals surface area contributed by atoms with Gasteiger partial charge in [-0.15, -0.1) is 0 Å². The van der Waals surface area contributed by atoms with E-state index in [1.165, 1.54) is 5.75 Å². The van der Waals surface area contributed by atoms with Crippen molar-refractivity contribution in [2.45, 2.75) is 19.4 Å². The van der Waals surface area contributed by atoms with Crippen molar-refractivity contribution in [3.63, 3.8) is 0 Å². The van der Waals surface area contributed by atoms with Crippen LogP contribution < -0.4 is 0 Å². The molecule has 1 fully saturated rings. The van der Waals surface area contributed by atoms with Crippen molar-refractivity contribution in [1.82, 2.24) is 4.90 Å². The van der Waals surface area contributed by atoms with Gasteiger partial charge in [-0.25, -0.2) is 0 Å². The number of nitrogens with zero attached hydrogens (tertiary/aromatic N) is 1. The third-order valence-corrected chi connectivity index (χ3v) is 4.84. The maximum absolute atomic E-state index is 12.4. The number of aryl methyl sites for hydroxylation is 1. The van der Waals surface area contributed by atoms with Crippen molar-refractivity contribution in [3.8, 4) is 0 Å². The topological polar surface area (TPSA) is 20.3 Å². The lowest BCUT2D eigenvalue weighted by Crippen LogP contribution is -2.37. The molecule has 2 nitrogen and oxygen atoms in total. The van der Waals surface area contributed by atoms with Crippen LogP contribution in [0.25, 0.3) is 0 Å². The van der Waals surface area contributed by atoms with Crippen molar-refractivity contribution in [1.29, 1.82) is 0 Å². The molecule has 1 unspecified atom stereocenters. The van der Waals surface area contributed by atoms with Crippen LogP contribution in [0.4, 0.5) is 0 Å². The van der Waals surface area contributed by atoms with Gasteiger partial charge in [0.05, 0.1) is 0 Å². The molecule has 1 aliphatic rings. The molecule has 1 atom stereocenters. The summed E-state index contributed by atoms with van der Waals surface area (Å²) in [6.07, 6.45) is 1.11. The predicted octanol–water partition coefficient (Wildman–Crippen LogP) is 3.34. The maximum atomic E-state index is 12.4. The molecular weight excluding hydrogens is 298 g/mol.